The largest absolute Gasteiger partial charge is 0.452 e. The van der Waals surface area contributed by atoms with Crippen LogP contribution >= 0.6 is 11.3 Å². The number of anilines is 1. The van der Waals surface area contributed by atoms with Crippen LogP contribution in [0.1, 0.15) is 15.9 Å². The summed E-state index contributed by atoms with van der Waals surface area (Å²) in [5.41, 5.74) is 2.09. The van der Waals surface area contributed by atoms with Gasteiger partial charge in [-0.3, -0.25) is 4.79 Å². The predicted octanol–water partition coefficient (Wildman–Crippen LogP) is 4.22. The highest BCUT2D eigenvalue weighted by Crippen LogP contribution is 2.29. The van der Waals surface area contributed by atoms with E-state index in [9.17, 15) is 9.59 Å². The Morgan fingerprint density at radius 1 is 1.17 bits per heavy atom. The second-order valence-corrected chi connectivity index (χ2v) is 6.93. The number of rotatable bonds is 5. The summed E-state index contributed by atoms with van der Waals surface area (Å²) in [6.45, 7) is -0.463. The Kier molecular flexibility index (Phi) is 5.05. The molecule has 0 spiro atoms. The summed E-state index contributed by atoms with van der Waals surface area (Å²) in [4.78, 5) is 24.4. The van der Waals surface area contributed by atoms with E-state index in [4.69, 9.17) is 14.5 Å². The summed E-state index contributed by atoms with van der Waals surface area (Å²) < 4.78 is 10.5. The fraction of sp³-hybridized carbons (Fsp3) is 0.0476. The van der Waals surface area contributed by atoms with E-state index < -0.39 is 18.5 Å². The number of carbonyl (C=O) groups excluding carboxylic acids is 2. The van der Waals surface area contributed by atoms with Gasteiger partial charge in [0, 0.05) is 5.56 Å². The molecule has 4 aromatic rings. The van der Waals surface area contributed by atoms with Crippen molar-refractivity contribution in [3.05, 3.63) is 71.1 Å². The molecule has 0 saturated carbocycles. The van der Waals surface area contributed by atoms with Crippen molar-refractivity contribution < 1.29 is 18.8 Å². The first kappa shape index (κ1) is 18.4. The highest BCUT2D eigenvalue weighted by Gasteiger charge is 2.16. The van der Waals surface area contributed by atoms with Gasteiger partial charge in [0.15, 0.2) is 12.4 Å². The number of carbonyl (C=O) groups is 2. The van der Waals surface area contributed by atoms with E-state index in [1.165, 1.54) is 11.3 Å². The standard InChI is InChI=1S/C21H13N3O4S/c22-11-15-8-9-29-20(15)23-18(25)12-27-21(26)14-6-7-17-16(10-14)19(28-24-17)13-4-2-1-3-5-13/h1-10H,12H2,(H,23,25). The number of thiophene rings is 1. The van der Waals surface area contributed by atoms with E-state index in [0.29, 0.717) is 27.2 Å². The SMILES string of the molecule is N#Cc1ccsc1NC(=O)COC(=O)c1ccc2noc(-c3ccccc3)c2c1. The van der Waals surface area contributed by atoms with Gasteiger partial charge in [-0.25, -0.2) is 4.79 Å². The van der Waals surface area contributed by atoms with Gasteiger partial charge in [0.25, 0.3) is 5.91 Å². The van der Waals surface area contributed by atoms with E-state index in [2.05, 4.69) is 10.5 Å². The Morgan fingerprint density at radius 2 is 2.00 bits per heavy atom. The average Bonchev–Trinajstić information content (AvgIpc) is 3.38. The third kappa shape index (κ3) is 3.85. The van der Waals surface area contributed by atoms with Crippen molar-refractivity contribution in [2.24, 2.45) is 0 Å². The minimum Gasteiger partial charge on any atom is -0.452 e. The van der Waals surface area contributed by atoms with Crippen LogP contribution < -0.4 is 5.32 Å². The minimum atomic E-state index is -0.644. The van der Waals surface area contributed by atoms with Gasteiger partial charge in [-0.1, -0.05) is 35.5 Å². The number of esters is 1. The van der Waals surface area contributed by atoms with Crippen molar-refractivity contribution in [1.29, 1.82) is 5.26 Å². The van der Waals surface area contributed by atoms with Crippen LogP contribution in [0.4, 0.5) is 5.00 Å². The Hall–Kier alpha value is -3.96. The first-order chi connectivity index (χ1) is 14.2. The van der Waals surface area contributed by atoms with Gasteiger partial charge < -0.3 is 14.6 Å². The molecule has 4 rings (SSSR count). The molecule has 1 N–H and O–H groups in total. The first-order valence-corrected chi connectivity index (χ1v) is 9.43. The van der Waals surface area contributed by atoms with Gasteiger partial charge in [0.1, 0.15) is 16.6 Å². The summed E-state index contributed by atoms with van der Waals surface area (Å²) in [6, 6.07) is 17.9. The van der Waals surface area contributed by atoms with E-state index >= 15 is 0 Å². The van der Waals surface area contributed by atoms with Crippen LogP contribution in [0.3, 0.4) is 0 Å². The molecule has 0 bridgehead atoms. The number of hydrogen-bond donors (Lipinski definition) is 1. The second-order valence-electron chi connectivity index (χ2n) is 6.01. The maximum atomic E-state index is 12.4. The van der Waals surface area contributed by atoms with Crippen LogP contribution in [-0.2, 0) is 9.53 Å². The molecule has 0 unspecified atom stereocenters. The highest BCUT2D eigenvalue weighted by molar-refractivity contribution is 7.14. The molecule has 0 fully saturated rings. The molecular formula is C21H13N3O4S. The van der Waals surface area contributed by atoms with E-state index in [1.807, 2.05) is 36.4 Å². The van der Waals surface area contributed by atoms with E-state index in [1.54, 1.807) is 29.6 Å². The van der Waals surface area contributed by atoms with Crippen LogP contribution in [0.15, 0.2) is 64.5 Å². The zero-order valence-electron chi connectivity index (χ0n) is 14.9. The molecule has 2 aromatic heterocycles. The number of nitrogens with one attached hydrogen (secondary N) is 1. The number of ether oxygens (including phenoxy) is 1. The molecule has 8 heteroatoms. The van der Waals surface area contributed by atoms with Crippen LogP contribution in [0.25, 0.3) is 22.2 Å². The van der Waals surface area contributed by atoms with E-state index in [-0.39, 0.29) is 5.56 Å². The second kappa shape index (κ2) is 7.96. The van der Waals surface area contributed by atoms with Gasteiger partial charge in [-0.05, 0) is 29.6 Å². The minimum absolute atomic E-state index is 0.277. The molecule has 7 nitrogen and oxygen atoms in total. The topological polar surface area (TPSA) is 105 Å². The molecule has 0 aliphatic rings. The normalized spacial score (nSPS) is 10.4. The number of fused-ring (bicyclic) bond motifs is 1. The van der Waals surface area contributed by atoms with Gasteiger partial charge >= 0.3 is 5.97 Å². The zero-order chi connectivity index (χ0) is 20.2. The summed E-state index contributed by atoms with van der Waals surface area (Å²) in [5.74, 6) is -0.614. The summed E-state index contributed by atoms with van der Waals surface area (Å²) in [7, 11) is 0. The molecule has 2 heterocycles. The smallest absolute Gasteiger partial charge is 0.338 e. The number of nitrogens with zero attached hydrogens (tertiary/aromatic N) is 2. The lowest BCUT2D eigenvalue weighted by atomic mass is 10.1. The quantitative estimate of drug-likeness (QED) is 0.500. The van der Waals surface area contributed by atoms with Crippen LogP contribution in [0, 0.1) is 11.3 Å². The Bertz CT molecular complexity index is 1240. The number of hydrogen-bond acceptors (Lipinski definition) is 7. The monoisotopic (exact) mass is 403 g/mol. The van der Waals surface area contributed by atoms with Crippen molar-refractivity contribution in [3.63, 3.8) is 0 Å². The third-order valence-electron chi connectivity index (χ3n) is 4.12. The number of amides is 1. The molecule has 2 aromatic carbocycles. The van der Waals surface area contributed by atoms with Crippen molar-refractivity contribution in [2.45, 2.75) is 0 Å². The fourth-order valence-corrected chi connectivity index (χ4v) is 3.49. The maximum absolute atomic E-state index is 12.4. The predicted molar refractivity (Wildman–Crippen MR) is 107 cm³/mol. The third-order valence-corrected chi connectivity index (χ3v) is 4.95. The van der Waals surface area contributed by atoms with Crippen LogP contribution in [-0.4, -0.2) is 23.6 Å². The maximum Gasteiger partial charge on any atom is 0.338 e. The Morgan fingerprint density at radius 3 is 2.79 bits per heavy atom. The molecule has 0 saturated heterocycles. The van der Waals surface area contributed by atoms with Crippen molar-refractivity contribution in [1.82, 2.24) is 5.16 Å². The molecule has 1 amide bonds. The lowest BCUT2D eigenvalue weighted by Gasteiger charge is -2.06. The van der Waals surface area contributed by atoms with Gasteiger partial charge in [0.05, 0.1) is 16.5 Å². The molecule has 142 valence electrons. The number of nitriles is 1. The van der Waals surface area contributed by atoms with Crippen LogP contribution in [0.5, 0.6) is 0 Å². The summed E-state index contributed by atoms with van der Waals surface area (Å²) in [6.07, 6.45) is 0. The first-order valence-electron chi connectivity index (χ1n) is 8.55. The molecule has 0 aliphatic carbocycles. The highest BCUT2D eigenvalue weighted by atomic mass is 32.1. The summed E-state index contributed by atoms with van der Waals surface area (Å²) >= 11 is 1.22. The Labute approximate surface area is 169 Å². The number of benzene rings is 2. The zero-order valence-corrected chi connectivity index (χ0v) is 15.7. The molecule has 29 heavy (non-hydrogen) atoms. The van der Waals surface area contributed by atoms with Crippen molar-refractivity contribution in [3.8, 4) is 17.4 Å². The molecule has 0 atom stereocenters. The fourth-order valence-electron chi connectivity index (χ4n) is 2.74. The van der Waals surface area contributed by atoms with Crippen molar-refractivity contribution >= 4 is 39.1 Å². The van der Waals surface area contributed by atoms with Gasteiger partial charge in [-0.2, -0.15) is 5.26 Å². The molecule has 0 radical (unpaired) electrons. The average molecular weight is 403 g/mol. The molecule has 0 aliphatic heterocycles. The van der Waals surface area contributed by atoms with Gasteiger partial charge in [-0.15, -0.1) is 11.3 Å². The van der Waals surface area contributed by atoms with E-state index in [0.717, 1.165) is 5.56 Å². The van der Waals surface area contributed by atoms with Crippen molar-refractivity contribution in [2.75, 3.05) is 11.9 Å². The molecular weight excluding hydrogens is 390 g/mol. The summed E-state index contributed by atoms with van der Waals surface area (Å²) in [5, 5.41) is 18.3. The lowest BCUT2D eigenvalue weighted by Crippen LogP contribution is -2.20. The lowest BCUT2D eigenvalue weighted by molar-refractivity contribution is -0.119. The van der Waals surface area contributed by atoms with Gasteiger partial charge in [0.2, 0.25) is 0 Å². The van der Waals surface area contributed by atoms with Crippen LogP contribution in [0.2, 0.25) is 0 Å². The number of aromatic nitrogens is 1. The Balaban J connectivity index is 1.47.